The van der Waals surface area contributed by atoms with Gasteiger partial charge in [0.05, 0.1) is 23.5 Å². The first-order valence-corrected chi connectivity index (χ1v) is 14.4. The summed E-state index contributed by atoms with van der Waals surface area (Å²) in [5.74, 6) is 0.269. The van der Waals surface area contributed by atoms with Crippen molar-refractivity contribution in [3.8, 4) is 11.4 Å². The van der Waals surface area contributed by atoms with Crippen LogP contribution in [0.2, 0.25) is 30.8 Å². The number of anilines is 1. The molecule has 0 radical (unpaired) electrons. The zero-order valence-corrected chi connectivity index (χ0v) is 21.0. The molecule has 0 bridgehead atoms. The average Bonchev–Trinajstić information content (AvgIpc) is 3.03. The van der Waals surface area contributed by atoms with E-state index >= 15 is 0 Å². The van der Waals surface area contributed by atoms with Gasteiger partial charge in [-0.3, -0.25) is 14.9 Å². The van der Waals surface area contributed by atoms with Gasteiger partial charge >= 0.3 is 6.09 Å². The SMILES string of the molecule is CC(C)(C)OC(=O)Nc1cncc(-c2cc3c(Cl)ncnc3n2COCC[Si](C)(C)C)n1. The summed E-state index contributed by atoms with van der Waals surface area (Å²) in [7, 11) is -1.22. The maximum atomic E-state index is 12.1. The molecule has 0 atom stereocenters. The van der Waals surface area contributed by atoms with Crippen LogP contribution in [0.1, 0.15) is 20.8 Å². The van der Waals surface area contributed by atoms with E-state index in [1.165, 1.54) is 12.5 Å². The summed E-state index contributed by atoms with van der Waals surface area (Å²) in [5.41, 5.74) is 1.25. The highest BCUT2D eigenvalue weighted by molar-refractivity contribution is 6.76. The van der Waals surface area contributed by atoms with Crippen LogP contribution in [0.5, 0.6) is 0 Å². The van der Waals surface area contributed by atoms with Crippen molar-refractivity contribution in [1.82, 2.24) is 24.5 Å². The Kier molecular flexibility index (Phi) is 7.16. The third-order valence-corrected chi connectivity index (χ3v) is 6.39. The number of hydrogen-bond acceptors (Lipinski definition) is 7. The van der Waals surface area contributed by atoms with Crippen LogP contribution in [-0.2, 0) is 16.2 Å². The first kappa shape index (κ1) is 24.1. The molecule has 0 saturated heterocycles. The first-order chi connectivity index (χ1) is 14.9. The van der Waals surface area contributed by atoms with Gasteiger partial charge in [0.1, 0.15) is 35.2 Å². The second-order valence-electron chi connectivity index (χ2n) is 9.62. The molecule has 172 valence electrons. The van der Waals surface area contributed by atoms with Crippen molar-refractivity contribution in [3.63, 3.8) is 0 Å². The molecule has 0 aliphatic carbocycles. The van der Waals surface area contributed by atoms with Gasteiger partial charge in [0.25, 0.3) is 0 Å². The lowest BCUT2D eigenvalue weighted by molar-refractivity contribution is 0.0635. The zero-order valence-electron chi connectivity index (χ0n) is 19.3. The lowest BCUT2D eigenvalue weighted by Gasteiger charge is -2.19. The van der Waals surface area contributed by atoms with E-state index in [-0.39, 0.29) is 12.5 Å². The Morgan fingerprint density at radius 2 is 1.97 bits per heavy atom. The topological polar surface area (TPSA) is 104 Å². The molecular weight excluding hydrogens is 448 g/mol. The number of aromatic nitrogens is 5. The third kappa shape index (κ3) is 6.47. The second kappa shape index (κ2) is 9.51. The van der Waals surface area contributed by atoms with E-state index in [1.807, 2.05) is 10.6 Å². The quantitative estimate of drug-likeness (QED) is 0.284. The minimum Gasteiger partial charge on any atom is -0.444 e. The predicted molar refractivity (Wildman–Crippen MR) is 128 cm³/mol. The van der Waals surface area contributed by atoms with Gasteiger partial charge in [0, 0.05) is 14.7 Å². The molecule has 0 saturated carbocycles. The van der Waals surface area contributed by atoms with Crippen molar-refractivity contribution in [1.29, 1.82) is 0 Å². The van der Waals surface area contributed by atoms with E-state index in [2.05, 4.69) is 44.9 Å². The molecule has 1 N–H and O–H groups in total. The minimum atomic E-state index is -1.22. The van der Waals surface area contributed by atoms with Crippen molar-refractivity contribution < 1.29 is 14.3 Å². The van der Waals surface area contributed by atoms with Gasteiger partial charge in [0.15, 0.2) is 5.82 Å². The Morgan fingerprint density at radius 1 is 1.22 bits per heavy atom. The van der Waals surface area contributed by atoms with Crippen LogP contribution in [0, 0.1) is 0 Å². The maximum Gasteiger partial charge on any atom is 0.413 e. The smallest absolute Gasteiger partial charge is 0.413 e. The highest BCUT2D eigenvalue weighted by Gasteiger charge is 2.19. The number of ether oxygens (including phenoxy) is 2. The lowest BCUT2D eigenvalue weighted by atomic mass is 10.2. The molecule has 0 unspecified atom stereocenters. The Morgan fingerprint density at radius 3 is 2.66 bits per heavy atom. The van der Waals surface area contributed by atoms with Gasteiger partial charge in [-0.2, -0.15) is 0 Å². The highest BCUT2D eigenvalue weighted by Crippen LogP contribution is 2.29. The number of halogens is 1. The molecule has 0 aliphatic rings. The number of amides is 1. The van der Waals surface area contributed by atoms with Crippen molar-refractivity contribution in [2.75, 3.05) is 11.9 Å². The van der Waals surface area contributed by atoms with Gasteiger partial charge in [-0.25, -0.2) is 19.7 Å². The molecule has 1 amide bonds. The van der Waals surface area contributed by atoms with Crippen molar-refractivity contribution in [3.05, 3.63) is 29.9 Å². The maximum absolute atomic E-state index is 12.1. The molecule has 3 aromatic rings. The summed E-state index contributed by atoms with van der Waals surface area (Å²) in [6.45, 7) is 13.2. The lowest BCUT2D eigenvalue weighted by Crippen LogP contribution is -2.27. The normalized spacial score (nSPS) is 12.2. The van der Waals surface area contributed by atoms with Gasteiger partial charge in [0.2, 0.25) is 0 Å². The van der Waals surface area contributed by atoms with Gasteiger partial charge in [-0.1, -0.05) is 31.2 Å². The Hall–Kier alpha value is -2.56. The molecular formula is C21H29ClN6O3Si. The average molecular weight is 477 g/mol. The van der Waals surface area contributed by atoms with E-state index in [1.54, 1.807) is 27.0 Å². The summed E-state index contributed by atoms with van der Waals surface area (Å²) < 4.78 is 13.1. The van der Waals surface area contributed by atoms with E-state index in [0.717, 1.165) is 6.04 Å². The standard InChI is InChI=1S/C21H29ClN6O3Si/c1-21(2,3)31-20(29)27-17-11-23-10-15(26-17)16-9-14-18(22)24-12-25-19(14)28(16)13-30-7-8-32(4,5)6/h9-12H,7-8,13H2,1-6H3,(H,26,27,29). The third-order valence-electron chi connectivity index (χ3n) is 4.38. The minimum absolute atomic E-state index is 0.269. The van der Waals surface area contributed by atoms with Crippen LogP contribution in [-0.4, -0.2) is 50.9 Å². The molecule has 9 nitrogen and oxygen atoms in total. The summed E-state index contributed by atoms with van der Waals surface area (Å²) >= 11 is 6.30. The van der Waals surface area contributed by atoms with Crippen LogP contribution < -0.4 is 5.32 Å². The van der Waals surface area contributed by atoms with Crippen LogP contribution in [0.3, 0.4) is 0 Å². The fourth-order valence-electron chi connectivity index (χ4n) is 2.87. The van der Waals surface area contributed by atoms with Crippen LogP contribution >= 0.6 is 11.6 Å². The molecule has 32 heavy (non-hydrogen) atoms. The first-order valence-electron chi connectivity index (χ1n) is 10.3. The molecule has 0 spiro atoms. The van der Waals surface area contributed by atoms with Gasteiger partial charge < -0.3 is 9.47 Å². The fourth-order valence-corrected chi connectivity index (χ4v) is 3.81. The summed E-state index contributed by atoms with van der Waals surface area (Å²) in [4.78, 5) is 29.3. The Labute approximate surface area is 193 Å². The van der Waals surface area contributed by atoms with Crippen LogP contribution in [0.4, 0.5) is 10.6 Å². The number of nitrogens with one attached hydrogen (secondary N) is 1. The summed E-state index contributed by atoms with van der Waals surface area (Å²) in [6.07, 6.45) is 3.87. The molecule has 3 aromatic heterocycles. The summed E-state index contributed by atoms with van der Waals surface area (Å²) in [5, 5.41) is 3.64. The van der Waals surface area contributed by atoms with Gasteiger partial charge in [-0.15, -0.1) is 0 Å². The number of fused-ring (bicyclic) bond motifs is 1. The molecule has 11 heteroatoms. The Balaban J connectivity index is 1.90. The number of hydrogen-bond donors (Lipinski definition) is 1. The number of carbonyl (C=O) groups excluding carboxylic acids is 1. The second-order valence-corrected chi connectivity index (χ2v) is 15.6. The number of carbonyl (C=O) groups is 1. The predicted octanol–water partition coefficient (Wildman–Crippen LogP) is 5.20. The highest BCUT2D eigenvalue weighted by atomic mass is 35.5. The number of nitrogens with zero attached hydrogens (tertiary/aromatic N) is 5. The van der Waals surface area contributed by atoms with E-state index in [0.29, 0.717) is 34.2 Å². The van der Waals surface area contributed by atoms with E-state index < -0.39 is 19.8 Å². The summed E-state index contributed by atoms with van der Waals surface area (Å²) in [6, 6.07) is 2.90. The van der Waals surface area contributed by atoms with Crippen LogP contribution in [0.25, 0.3) is 22.4 Å². The zero-order chi connectivity index (χ0) is 23.5. The Bertz CT molecular complexity index is 1110. The van der Waals surface area contributed by atoms with Crippen molar-refractivity contribution >= 4 is 42.6 Å². The molecule has 0 aliphatic heterocycles. The molecule has 0 aromatic carbocycles. The van der Waals surface area contributed by atoms with Crippen molar-refractivity contribution in [2.24, 2.45) is 0 Å². The largest absolute Gasteiger partial charge is 0.444 e. The molecule has 3 rings (SSSR count). The van der Waals surface area contributed by atoms with E-state index in [4.69, 9.17) is 21.1 Å². The van der Waals surface area contributed by atoms with Gasteiger partial charge in [-0.05, 0) is 32.9 Å². The number of rotatable bonds is 7. The van der Waals surface area contributed by atoms with Crippen molar-refractivity contribution in [2.45, 2.75) is 58.8 Å². The van der Waals surface area contributed by atoms with E-state index in [9.17, 15) is 4.79 Å². The fraction of sp³-hybridized carbons (Fsp3) is 0.476. The molecule has 3 heterocycles. The molecule has 0 fully saturated rings. The van der Waals surface area contributed by atoms with Crippen LogP contribution in [0.15, 0.2) is 24.8 Å². The monoisotopic (exact) mass is 476 g/mol.